The van der Waals surface area contributed by atoms with Crippen molar-refractivity contribution in [2.45, 2.75) is 43.5 Å². The molecule has 112 valence electrons. The van der Waals surface area contributed by atoms with E-state index in [0.717, 1.165) is 23.1 Å². The highest BCUT2D eigenvalue weighted by Gasteiger charge is 2.30. The van der Waals surface area contributed by atoms with Crippen LogP contribution in [0.3, 0.4) is 0 Å². The van der Waals surface area contributed by atoms with Gasteiger partial charge in [-0.3, -0.25) is 4.79 Å². The van der Waals surface area contributed by atoms with E-state index in [-0.39, 0.29) is 0 Å². The molecule has 1 aromatic rings. The second-order valence-corrected chi connectivity index (χ2v) is 6.89. The van der Waals surface area contributed by atoms with Gasteiger partial charge in [-0.15, -0.1) is 11.8 Å². The summed E-state index contributed by atoms with van der Waals surface area (Å²) >= 11 is 5.33. The molecule has 0 amide bonds. The third kappa shape index (κ3) is 5.46. The van der Waals surface area contributed by atoms with Gasteiger partial charge in [-0.1, -0.05) is 25.5 Å². The predicted molar refractivity (Wildman–Crippen MR) is 88.4 cm³/mol. The summed E-state index contributed by atoms with van der Waals surface area (Å²) in [6.45, 7) is 4.37. The third-order valence-corrected chi connectivity index (χ3v) is 5.32. The number of carboxylic acids is 1. The quantitative estimate of drug-likeness (QED) is 0.513. The molecule has 0 radical (unpaired) electrons. The van der Waals surface area contributed by atoms with Gasteiger partial charge in [-0.2, -0.15) is 0 Å². The van der Waals surface area contributed by atoms with Gasteiger partial charge in [0.25, 0.3) is 0 Å². The number of rotatable bonds is 9. The standard InChI is InChI=1S/C15H22BrNO2S/c1-3-17-15(2,14(18)19)10-6-7-11-20-13-9-5-4-8-12(13)16/h4-5,8-9,17H,3,6-7,10-11H2,1-2H3,(H,18,19). The Morgan fingerprint density at radius 3 is 2.70 bits per heavy atom. The van der Waals surface area contributed by atoms with Gasteiger partial charge in [0.2, 0.25) is 0 Å². The van der Waals surface area contributed by atoms with Crippen molar-refractivity contribution in [1.29, 1.82) is 0 Å². The van der Waals surface area contributed by atoms with Gasteiger partial charge in [0.1, 0.15) is 5.54 Å². The number of halogens is 1. The van der Waals surface area contributed by atoms with Crippen LogP contribution in [0.1, 0.15) is 33.1 Å². The normalized spacial score (nSPS) is 13.9. The Morgan fingerprint density at radius 1 is 1.40 bits per heavy atom. The van der Waals surface area contributed by atoms with Gasteiger partial charge >= 0.3 is 5.97 Å². The Bertz CT molecular complexity index is 442. The maximum absolute atomic E-state index is 11.3. The van der Waals surface area contributed by atoms with E-state index in [2.05, 4.69) is 27.3 Å². The molecular formula is C15H22BrNO2S. The number of likely N-dealkylation sites (N-methyl/N-ethyl adjacent to an activating group) is 1. The van der Waals surface area contributed by atoms with E-state index in [9.17, 15) is 9.90 Å². The van der Waals surface area contributed by atoms with Crippen LogP contribution in [0.25, 0.3) is 0 Å². The van der Waals surface area contributed by atoms with E-state index in [1.165, 1.54) is 4.90 Å². The smallest absolute Gasteiger partial charge is 0.323 e. The lowest BCUT2D eigenvalue weighted by Gasteiger charge is -2.25. The molecule has 0 aromatic heterocycles. The molecule has 1 unspecified atom stereocenters. The maximum atomic E-state index is 11.3. The van der Waals surface area contributed by atoms with Crippen molar-refractivity contribution in [3.05, 3.63) is 28.7 Å². The molecule has 0 spiro atoms. The Balaban J connectivity index is 2.31. The first-order chi connectivity index (χ1) is 9.49. The zero-order valence-electron chi connectivity index (χ0n) is 12.0. The van der Waals surface area contributed by atoms with Crippen molar-refractivity contribution in [2.75, 3.05) is 12.3 Å². The first-order valence-corrected chi connectivity index (χ1v) is 8.63. The molecule has 0 aliphatic heterocycles. The summed E-state index contributed by atoms with van der Waals surface area (Å²) in [7, 11) is 0. The van der Waals surface area contributed by atoms with Crippen molar-refractivity contribution in [3.8, 4) is 0 Å². The van der Waals surface area contributed by atoms with Gasteiger partial charge in [-0.25, -0.2) is 0 Å². The van der Waals surface area contributed by atoms with Crippen molar-refractivity contribution in [2.24, 2.45) is 0 Å². The summed E-state index contributed by atoms with van der Waals surface area (Å²) in [5.74, 6) is 0.238. The molecule has 0 aliphatic rings. The molecule has 0 aliphatic carbocycles. The van der Waals surface area contributed by atoms with Crippen molar-refractivity contribution >= 4 is 33.7 Å². The Labute approximate surface area is 133 Å². The largest absolute Gasteiger partial charge is 0.480 e. The zero-order valence-corrected chi connectivity index (χ0v) is 14.4. The molecule has 5 heteroatoms. The number of hydrogen-bond acceptors (Lipinski definition) is 3. The van der Waals surface area contributed by atoms with Gasteiger partial charge in [0, 0.05) is 9.37 Å². The van der Waals surface area contributed by atoms with Crippen molar-refractivity contribution < 1.29 is 9.90 Å². The Kier molecular flexibility index (Phi) is 7.62. The molecule has 0 bridgehead atoms. The van der Waals surface area contributed by atoms with E-state index in [1.54, 1.807) is 18.7 Å². The first-order valence-electron chi connectivity index (χ1n) is 6.85. The molecule has 0 saturated heterocycles. The average molecular weight is 360 g/mol. The topological polar surface area (TPSA) is 49.3 Å². The predicted octanol–water partition coefficient (Wildman–Crippen LogP) is 4.16. The van der Waals surface area contributed by atoms with Gasteiger partial charge in [0.15, 0.2) is 0 Å². The highest BCUT2D eigenvalue weighted by atomic mass is 79.9. The van der Waals surface area contributed by atoms with Crippen LogP contribution in [-0.2, 0) is 4.79 Å². The van der Waals surface area contributed by atoms with E-state index in [1.807, 2.05) is 25.1 Å². The monoisotopic (exact) mass is 359 g/mol. The summed E-state index contributed by atoms with van der Waals surface area (Å²) in [5, 5.41) is 12.3. The van der Waals surface area contributed by atoms with Crippen molar-refractivity contribution in [1.82, 2.24) is 5.32 Å². The SMILES string of the molecule is CCNC(C)(CCCCSc1ccccc1Br)C(=O)O. The lowest BCUT2D eigenvalue weighted by molar-refractivity contribution is -0.144. The fraction of sp³-hybridized carbons (Fsp3) is 0.533. The molecule has 2 N–H and O–H groups in total. The second-order valence-electron chi connectivity index (χ2n) is 4.90. The lowest BCUT2D eigenvalue weighted by Crippen LogP contribution is -2.49. The van der Waals surface area contributed by atoms with Crippen LogP contribution in [0.2, 0.25) is 0 Å². The van der Waals surface area contributed by atoms with Crippen LogP contribution in [0.15, 0.2) is 33.6 Å². The molecule has 0 heterocycles. The number of unbranched alkanes of at least 4 members (excludes halogenated alkanes) is 1. The second kappa shape index (κ2) is 8.70. The summed E-state index contributed by atoms with van der Waals surface area (Å²) in [6.07, 6.45) is 2.58. The van der Waals surface area contributed by atoms with E-state index in [4.69, 9.17) is 0 Å². The van der Waals surface area contributed by atoms with Crippen LogP contribution in [-0.4, -0.2) is 28.9 Å². The summed E-state index contributed by atoms with van der Waals surface area (Å²) in [4.78, 5) is 12.5. The van der Waals surface area contributed by atoms with Crippen LogP contribution in [0, 0.1) is 0 Å². The van der Waals surface area contributed by atoms with Gasteiger partial charge in [-0.05, 0) is 60.1 Å². The number of hydrogen-bond donors (Lipinski definition) is 2. The van der Waals surface area contributed by atoms with Crippen LogP contribution in [0.5, 0.6) is 0 Å². The molecule has 3 nitrogen and oxygen atoms in total. The first kappa shape index (κ1) is 17.5. The van der Waals surface area contributed by atoms with E-state index < -0.39 is 11.5 Å². The molecule has 0 fully saturated rings. The molecule has 0 saturated carbocycles. The molecular weight excluding hydrogens is 338 g/mol. The number of benzene rings is 1. The van der Waals surface area contributed by atoms with Gasteiger partial charge in [0.05, 0.1) is 0 Å². The van der Waals surface area contributed by atoms with Crippen LogP contribution < -0.4 is 5.32 Å². The Hall–Kier alpha value is -0.520. The molecule has 1 aromatic carbocycles. The molecule has 1 atom stereocenters. The highest BCUT2D eigenvalue weighted by Crippen LogP contribution is 2.28. The third-order valence-electron chi connectivity index (χ3n) is 3.20. The minimum absolute atomic E-state index is 0.659. The number of carbonyl (C=O) groups is 1. The Morgan fingerprint density at radius 2 is 2.10 bits per heavy atom. The number of thioether (sulfide) groups is 1. The summed E-state index contributed by atoms with van der Waals surface area (Å²) in [6, 6.07) is 8.16. The van der Waals surface area contributed by atoms with E-state index in [0.29, 0.717) is 13.0 Å². The molecule has 20 heavy (non-hydrogen) atoms. The molecule has 1 rings (SSSR count). The lowest BCUT2D eigenvalue weighted by atomic mass is 9.95. The maximum Gasteiger partial charge on any atom is 0.323 e. The summed E-state index contributed by atoms with van der Waals surface area (Å²) < 4.78 is 1.12. The fourth-order valence-corrected chi connectivity index (χ4v) is 3.56. The zero-order chi connectivity index (χ0) is 15.0. The number of nitrogens with one attached hydrogen (secondary N) is 1. The van der Waals surface area contributed by atoms with E-state index >= 15 is 0 Å². The fourth-order valence-electron chi connectivity index (χ4n) is 1.99. The van der Waals surface area contributed by atoms with Gasteiger partial charge < -0.3 is 10.4 Å². The van der Waals surface area contributed by atoms with Crippen LogP contribution in [0.4, 0.5) is 0 Å². The number of aliphatic carboxylic acids is 1. The minimum atomic E-state index is -0.799. The summed E-state index contributed by atoms with van der Waals surface area (Å²) in [5.41, 5.74) is -0.799. The van der Waals surface area contributed by atoms with Crippen LogP contribution >= 0.6 is 27.7 Å². The average Bonchev–Trinajstić information content (AvgIpc) is 2.40. The minimum Gasteiger partial charge on any atom is -0.480 e. The highest BCUT2D eigenvalue weighted by molar-refractivity contribution is 9.10. The van der Waals surface area contributed by atoms with Crippen molar-refractivity contribution in [3.63, 3.8) is 0 Å². The number of carboxylic acid groups (broad SMARTS) is 1.